The van der Waals surface area contributed by atoms with E-state index >= 15 is 0 Å². The van der Waals surface area contributed by atoms with Gasteiger partial charge >= 0.3 is 5.97 Å². The highest BCUT2D eigenvalue weighted by atomic mass is 35.5. The minimum Gasteiger partial charge on any atom is -0.481 e. The number of alkyl halides is 1. The summed E-state index contributed by atoms with van der Waals surface area (Å²) in [5, 5.41) is 9.07. The molecule has 1 aromatic rings. The number of halogens is 2. The Morgan fingerprint density at radius 2 is 2.36 bits per heavy atom. The lowest BCUT2D eigenvalue weighted by Gasteiger charge is -2.06. The maximum absolute atomic E-state index is 13.9. The molecule has 1 N–H and O–H groups in total. The second-order valence-electron chi connectivity index (χ2n) is 3.47. The molecular formula is C10H8ClFO2. The van der Waals surface area contributed by atoms with Crippen LogP contribution in [-0.2, 0) is 10.5 Å². The molecule has 0 aliphatic heterocycles. The molecule has 2 nitrogen and oxygen atoms in total. The number of carbonyl (C=O) groups is 1. The molecule has 0 heterocycles. The molecule has 0 bridgehead atoms. The predicted molar refractivity (Wildman–Crippen MR) is 50.0 cm³/mol. The molecule has 4 heteroatoms. The highest BCUT2D eigenvalue weighted by Gasteiger charge is 2.61. The average Bonchev–Trinajstić information content (AvgIpc) is 2.80. The van der Waals surface area contributed by atoms with E-state index in [1.807, 2.05) is 0 Å². The fourth-order valence-corrected chi connectivity index (χ4v) is 1.78. The van der Waals surface area contributed by atoms with Crippen LogP contribution in [0.5, 0.6) is 0 Å². The van der Waals surface area contributed by atoms with E-state index in [9.17, 15) is 9.18 Å². The number of hydrogen-bond donors (Lipinski definition) is 1. The molecule has 74 valence electrons. The Hall–Kier alpha value is -1.09. The number of aliphatic carboxylic acids is 1. The second kappa shape index (κ2) is 2.95. The lowest BCUT2D eigenvalue weighted by atomic mass is 10.1. The molecule has 2 rings (SSSR count). The molecule has 1 fully saturated rings. The van der Waals surface area contributed by atoms with E-state index in [1.165, 1.54) is 6.07 Å². The van der Waals surface area contributed by atoms with E-state index in [0.29, 0.717) is 10.6 Å². The van der Waals surface area contributed by atoms with Gasteiger partial charge in [0.05, 0.1) is 5.92 Å². The van der Waals surface area contributed by atoms with E-state index in [-0.39, 0.29) is 6.42 Å². The fraction of sp³-hybridized carbons (Fsp3) is 0.300. The first-order valence-electron chi connectivity index (χ1n) is 4.22. The molecule has 0 amide bonds. The topological polar surface area (TPSA) is 37.3 Å². The van der Waals surface area contributed by atoms with Gasteiger partial charge in [-0.3, -0.25) is 4.79 Å². The molecule has 0 radical (unpaired) electrons. The van der Waals surface area contributed by atoms with Crippen molar-refractivity contribution >= 4 is 17.6 Å². The summed E-state index contributed by atoms with van der Waals surface area (Å²) in [6.07, 6.45) is 0.0443. The van der Waals surface area contributed by atoms with E-state index in [0.717, 1.165) is 0 Å². The van der Waals surface area contributed by atoms with Crippen molar-refractivity contribution in [2.75, 3.05) is 0 Å². The summed E-state index contributed by atoms with van der Waals surface area (Å²) in [5.41, 5.74) is -1.35. The van der Waals surface area contributed by atoms with Gasteiger partial charge < -0.3 is 5.11 Å². The third kappa shape index (κ3) is 1.38. The van der Waals surface area contributed by atoms with Crippen LogP contribution in [0, 0.1) is 5.92 Å². The van der Waals surface area contributed by atoms with Crippen molar-refractivity contribution in [2.45, 2.75) is 12.1 Å². The van der Waals surface area contributed by atoms with Crippen molar-refractivity contribution in [1.29, 1.82) is 0 Å². The van der Waals surface area contributed by atoms with Gasteiger partial charge in [0.15, 0.2) is 0 Å². The Labute approximate surface area is 85.3 Å². The zero-order chi connectivity index (χ0) is 10.3. The van der Waals surface area contributed by atoms with Crippen LogP contribution in [0.1, 0.15) is 12.0 Å². The van der Waals surface area contributed by atoms with Gasteiger partial charge in [-0.05, 0) is 17.7 Å². The molecule has 2 atom stereocenters. The largest absolute Gasteiger partial charge is 0.481 e. The summed E-state index contributed by atoms with van der Waals surface area (Å²) >= 11 is 5.69. The molecule has 1 saturated carbocycles. The summed E-state index contributed by atoms with van der Waals surface area (Å²) in [6.45, 7) is 0. The monoisotopic (exact) mass is 214 g/mol. The minimum absolute atomic E-state index is 0.0443. The number of rotatable bonds is 2. The van der Waals surface area contributed by atoms with Crippen molar-refractivity contribution in [3.63, 3.8) is 0 Å². The minimum atomic E-state index is -1.71. The Balaban J connectivity index is 2.30. The summed E-state index contributed by atoms with van der Waals surface area (Å²) in [4.78, 5) is 10.6. The third-order valence-corrected chi connectivity index (χ3v) is 2.73. The Kier molecular flexibility index (Phi) is 2.00. The van der Waals surface area contributed by atoms with Crippen molar-refractivity contribution in [3.8, 4) is 0 Å². The van der Waals surface area contributed by atoms with Crippen LogP contribution < -0.4 is 0 Å². The third-order valence-electron chi connectivity index (χ3n) is 2.50. The second-order valence-corrected chi connectivity index (χ2v) is 3.90. The molecule has 0 spiro atoms. The zero-order valence-corrected chi connectivity index (χ0v) is 7.96. The first-order chi connectivity index (χ1) is 6.54. The van der Waals surface area contributed by atoms with E-state index < -0.39 is 17.6 Å². The van der Waals surface area contributed by atoms with Gasteiger partial charge in [-0.25, -0.2) is 4.39 Å². The zero-order valence-electron chi connectivity index (χ0n) is 7.21. The Morgan fingerprint density at radius 1 is 1.64 bits per heavy atom. The van der Waals surface area contributed by atoms with Crippen LogP contribution in [0.15, 0.2) is 24.3 Å². The first kappa shape index (κ1) is 9.46. The van der Waals surface area contributed by atoms with Gasteiger partial charge in [-0.15, -0.1) is 0 Å². The van der Waals surface area contributed by atoms with Crippen molar-refractivity contribution in [2.24, 2.45) is 5.92 Å². The lowest BCUT2D eigenvalue weighted by molar-refractivity contribution is -0.139. The Bertz CT molecular complexity index is 393. The van der Waals surface area contributed by atoms with Crippen LogP contribution >= 0.6 is 11.6 Å². The van der Waals surface area contributed by atoms with E-state index in [4.69, 9.17) is 16.7 Å². The van der Waals surface area contributed by atoms with Crippen molar-refractivity contribution in [1.82, 2.24) is 0 Å². The quantitative estimate of drug-likeness (QED) is 0.822. The standard InChI is InChI=1S/C10H8ClFO2/c11-7-3-1-2-6(4-7)10(12)5-8(10)9(13)14/h1-4,8H,5H2,(H,13,14)/t8-,10+/m1/s1. The van der Waals surface area contributed by atoms with E-state index in [1.54, 1.807) is 18.2 Å². The molecule has 14 heavy (non-hydrogen) atoms. The molecule has 0 unspecified atom stereocenters. The Morgan fingerprint density at radius 3 is 2.86 bits per heavy atom. The average molecular weight is 215 g/mol. The number of hydrogen-bond acceptors (Lipinski definition) is 1. The van der Waals surface area contributed by atoms with Crippen molar-refractivity contribution in [3.05, 3.63) is 34.9 Å². The molecule has 1 aromatic carbocycles. The number of carboxylic acids is 1. The van der Waals surface area contributed by atoms with Gasteiger partial charge in [0, 0.05) is 11.4 Å². The lowest BCUT2D eigenvalue weighted by Crippen LogP contribution is -2.09. The summed E-state index contributed by atoms with van der Waals surface area (Å²) in [5.74, 6) is -2.01. The highest BCUT2D eigenvalue weighted by molar-refractivity contribution is 6.30. The molecule has 0 aromatic heterocycles. The van der Waals surface area contributed by atoms with Crippen LogP contribution in [0.4, 0.5) is 4.39 Å². The first-order valence-corrected chi connectivity index (χ1v) is 4.59. The number of benzene rings is 1. The predicted octanol–water partition coefficient (Wildman–Crippen LogP) is 2.61. The maximum Gasteiger partial charge on any atom is 0.310 e. The molecule has 1 aliphatic rings. The normalized spacial score (nSPS) is 30.0. The van der Waals surface area contributed by atoms with Crippen LogP contribution in [0.25, 0.3) is 0 Å². The summed E-state index contributed by atoms with van der Waals surface area (Å²) in [7, 11) is 0. The van der Waals surface area contributed by atoms with Gasteiger partial charge in [0.2, 0.25) is 0 Å². The van der Waals surface area contributed by atoms with Gasteiger partial charge in [-0.1, -0.05) is 23.7 Å². The highest BCUT2D eigenvalue weighted by Crippen LogP contribution is 2.55. The van der Waals surface area contributed by atoms with Crippen LogP contribution in [0.2, 0.25) is 5.02 Å². The summed E-state index contributed by atoms with van der Waals surface area (Å²) < 4.78 is 13.9. The van der Waals surface area contributed by atoms with Crippen LogP contribution in [0.3, 0.4) is 0 Å². The SMILES string of the molecule is O=C(O)[C@H]1C[C@]1(F)c1cccc(Cl)c1. The molecular weight excluding hydrogens is 207 g/mol. The van der Waals surface area contributed by atoms with E-state index in [2.05, 4.69) is 0 Å². The fourth-order valence-electron chi connectivity index (χ4n) is 1.59. The maximum atomic E-state index is 13.9. The number of carboxylic acid groups (broad SMARTS) is 1. The molecule has 1 aliphatic carbocycles. The van der Waals surface area contributed by atoms with Gasteiger partial charge in [0.1, 0.15) is 5.67 Å². The molecule has 0 saturated heterocycles. The van der Waals surface area contributed by atoms with Crippen molar-refractivity contribution < 1.29 is 14.3 Å². The smallest absolute Gasteiger partial charge is 0.310 e. The van der Waals surface area contributed by atoms with Gasteiger partial charge in [0.25, 0.3) is 0 Å². The summed E-state index contributed by atoms with van der Waals surface area (Å²) in [6, 6.07) is 6.29. The van der Waals surface area contributed by atoms with Crippen LogP contribution in [-0.4, -0.2) is 11.1 Å². The van der Waals surface area contributed by atoms with Gasteiger partial charge in [-0.2, -0.15) is 0 Å².